The summed E-state index contributed by atoms with van der Waals surface area (Å²) in [4.78, 5) is 11.3. The molecular formula is C13H20N2O2. The average Bonchev–Trinajstić information content (AvgIpc) is 2.27. The fourth-order valence-electron chi connectivity index (χ4n) is 1.48. The van der Waals surface area contributed by atoms with Crippen molar-refractivity contribution in [1.29, 1.82) is 0 Å². The van der Waals surface area contributed by atoms with Gasteiger partial charge in [0.15, 0.2) is 0 Å². The number of rotatable bonds is 5. The second kappa shape index (κ2) is 6.91. The number of carbonyl (C=O) groups excluding carboxylic acids is 1. The lowest BCUT2D eigenvalue weighted by atomic mass is 10.1. The van der Waals surface area contributed by atoms with Gasteiger partial charge in [-0.3, -0.25) is 0 Å². The number of aliphatic hydroxyl groups is 1. The van der Waals surface area contributed by atoms with Crippen molar-refractivity contribution in [2.45, 2.75) is 32.4 Å². The van der Waals surface area contributed by atoms with Crippen LogP contribution in [0.5, 0.6) is 0 Å². The van der Waals surface area contributed by atoms with Gasteiger partial charge in [-0.25, -0.2) is 4.79 Å². The van der Waals surface area contributed by atoms with Gasteiger partial charge in [0.05, 0.1) is 6.10 Å². The van der Waals surface area contributed by atoms with Crippen LogP contribution in [0.3, 0.4) is 0 Å². The topological polar surface area (TPSA) is 61.4 Å². The van der Waals surface area contributed by atoms with Gasteiger partial charge in [0.1, 0.15) is 0 Å². The summed E-state index contributed by atoms with van der Waals surface area (Å²) in [5, 5.41) is 15.1. The molecule has 1 unspecified atom stereocenters. The zero-order valence-corrected chi connectivity index (χ0v) is 10.3. The molecule has 0 aliphatic carbocycles. The summed E-state index contributed by atoms with van der Waals surface area (Å²) in [5.74, 6) is 0. The van der Waals surface area contributed by atoms with Gasteiger partial charge >= 0.3 is 6.03 Å². The van der Waals surface area contributed by atoms with Crippen molar-refractivity contribution < 1.29 is 9.90 Å². The largest absolute Gasteiger partial charge is 0.391 e. The number of hydrogen-bond donors (Lipinski definition) is 3. The van der Waals surface area contributed by atoms with Crippen LogP contribution in [0.15, 0.2) is 30.3 Å². The van der Waals surface area contributed by atoms with E-state index in [0.29, 0.717) is 6.42 Å². The summed E-state index contributed by atoms with van der Waals surface area (Å²) < 4.78 is 0. The normalized spacial score (nSPS) is 12.2. The molecule has 2 amide bonds. The molecule has 1 aromatic carbocycles. The van der Waals surface area contributed by atoms with Gasteiger partial charge in [-0.2, -0.15) is 0 Å². The number of hydrogen-bond acceptors (Lipinski definition) is 2. The highest BCUT2D eigenvalue weighted by Gasteiger charge is 2.08. The van der Waals surface area contributed by atoms with Crippen molar-refractivity contribution in [3.8, 4) is 0 Å². The Labute approximate surface area is 102 Å². The third kappa shape index (κ3) is 5.92. The van der Waals surface area contributed by atoms with E-state index >= 15 is 0 Å². The first-order valence-electron chi connectivity index (χ1n) is 5.84. The number of amides is 2. The zero-order chi connectivity index (χ0) is 12.7. The maximum atomic E-state index is 11.3. The lowest BCUT2D eigenvalue weighted by Gasteiger charge is -2.14. The van der Waals surface area contributed by atoms with E-state index in [-0.39, 0.29) is 18.6 Å². The van der Waals surface area contributed by atoms with Gasteiger partial charge in [0.2, 0.25) is 0 Å². The summed E-state index contributed by atoms with van der Waals surface area (Å²) in [5.41, 5.74) is 1.06. The number of benzene rings is 1. The van der Waals surface area contributed by atoms with E-state index in [1.165, 1.54) is 0 Å². The van der Waals surface area contributed by atoms with Crippen LogP contribution in [0, 0.1) is 0 Å². The summed E-state index contributed by atoms with van der Waals surface area (Å²) in [6.07, 6.45) is -0.0155. The number of urea groups is 1. The maximum Gasteiger partial charge on any atom is 0.315 e. The third-order valence-electron chi connectivity index (χ3n) is 2.23. The summed E-state index contributed by atoms with van der Waals surface area (Å²) in [6, 6.07) is 9.56. The molecule has 0 radical (unpaired) electrons. The molecule has 1 atom stereocenters. The molecule has 4 nitrogen and oxygen atoms in total. The van der Waals surface area contributed by atoms with E-state index in [0.717, 1.165) is 5.56 Å². The van der Waals surface area contributed by atoms with Crippen LogP contribution >= 0.6 is 0 Å². The summed E-state index contributed by atoms with van der Waals surface area (Å²) in [6.45, 7) is 4.04. The number of carbonyl (C=O) groups is 1. The monoisotopic (exact) mass is 236 g/mol. The molecule has 0 saturated heterocycles. The van der Waals surface area contributed by atoms with Gasteiger partial charge in [0, 0.05) is 19.0 Å². The van der Waals surface area contributed by atoms with E-state index in [1.54, 1.807) is 0 Å². The Morgan fingerprint density at radius 1 is 1.29 bits per heavy atom. The Hall–Kier alpha value is -1.55. The second-order valence-electron chi connectivity index (χ2n) is 4.35. The van der Waals surface area contributed by atoms with Crippen molar-refractivity contribution in [3.63, 3.8) is 0 Å². The summed E-state index contributed by atoms with van der Waals surface area (Å²) in [7, 11) is 0. The Balaban J connectivity index is 2.26. The van der Waals surface area contributed by atoms with Crippen molar-refractivity contribution >= 4 is 6.03 Å². The molecule has 0 saturated carbocycles. The highest BCUT2D eigenvalue weighted by Crippen LogP contribution is 2.02. The van der Waals surface area contributed by atoms with Gasteiger partial charge in [-0.15, -0.1) is 0 Å². The van der Waals surface area contributed by atoms with E-state index in [4.69, 9.17) is 0 Å². The van der Waals surface area contributed by atoms with Gasteiger partial charge in [0.25, 0.3) is 0 Å². The lowest BCUT2D eigenvalue weighted by Crippen LogP contribution is -2.42. The first-order valence-corrected chi connectivity index (χ1v) is 5.84. The molecule has 1 aromatic rings. The molecule has 4 heteroatoms. The minimum atomic E-state index is -0.560. The lowest BCUT2D eigenvalue weighted by molar-refractivity contribution is 0.170. The van der Waals surface area contributed by atoms with Crippen LogP contribution in [-0.4, -0.2) is 29.8 Å². The van der Waals surface area contributed by atoms with Crippen molar-refractivity contribution in [2.75, 3.05) is 6.54 Å². The average molecular weight is 236 g/mol. The molecule has 0 aliphatic rings. The molecular weight excluding hydrogens is 216 g/mol. The standard InChI is InChI=1S/C13H20N2O2/c1-10(2)15-13(17)14-9-12(16)8-11-6-4-3-5-7-11/h3-7,10,12,16H,8-9H2,1-2H3,(H2,14,15,17). The molecule has 0 aliphatic heterocycles. The molecule has 1 rings (SSSR count). The Morgan fingerprint density at radius 3 is 2.53 bits per heavy atom. The fraction of sp³-hybridized carbons (Fsp3) is 0.462. The van der Waals surface area contributed by atoms with Crippen LogP contribution in [0.2, 0.25) is 0 Å². The number of nitrogens with one attached hydrogen (secondary N) is 2. The molecule has 0 aromatic heterocycles. The Morgan fingerprint density at radius 2 is 1.94 bits per heavy atom. The first-order chi connectivity index (χ1) is 8.08. The van der Waals surface area contributed by atoms with Crippen LogP contribution in [0.1, 0.15) is 19.4 Å². The molecule has 0 spiro atoms. The zero-order valence-electron chi connectivity index (χ0n) is 10.3. The smallest absolute Gasteiger partial charge is 0.315 e. The van der Waals surface area contributed by atoms with Crippen LogP contribution in [-0.2, 0) is 6.42 Å². The SMILES string of the molecule is CC(C)NC(=O)NCC(O)Cc1ccccc1. The van der Waals surface area contributed by atoms with Crippen LogP contribution < -0.4 is 10.6 Å². The minimum absolute atomic E-state index is 0.0984. The molecule has 17 heavy (non-hydrogen) atoms. The van der Waals surface area contributed by atoms with Crippen molar-refractivity contribution in [2.24, 2.45) is 0 Å². The van der Waals surface area contributed by atoms with E-state index in [9.17, 15) is 9.90 Å². The molecule has 94 valence electrons. The van der Waals surface area contributed by atoms with Gasteiger partial charge < -0.3 is 15.7 Å². The molecule has 0 bridgehead atoms. The molecule has 3 N–H and O–H groups in total. The van der Waals surface area contributed by atoms with E-state index in [1.807, 2.05) is 44.2 Å². The fourth-order valence-corrected chi connectivity index (χ4v) is 1.48. The van der Waals surface area contributed by atoms with Gasteiger partial charge in [-0.05, 0) is 19.4 Å². The van der Waals surface area contributed by atoms with E-state index < -0.39 is 6.10 Å². The molecule has 0 fully saturated rings. The van der Waals surface area contributed by atoms with E-state index in [2.05, 4.69) is 10.6 Å². The van der Waals surface area contributed by atoms with Crippen LogP contribution in [0.25, 0.3) is 0 Å². The molecule has 0 heterocycles. The Kier molecular flexibility index (Phi) is 5.49. The highest BCUT2D eigenvalue weighted by molar-refractivity contribution is 5.74. The predicted octanol–water partition coefficient (Wildman–Crippen LogP) is 1.30. The first kappa shape index (κ1) is 13.5. The Bertz CT molecular complexity index is 339. The quantitative estimate of drug-likeness (QED) is 0.721. The number of aliphatic hydroxyl groups excluding tert-OH is 1. The van der Waals surface area contributed by atoms with Gasteiger partial charge in [-0.1, -0.05) is 30.3 Å². The minimum Gasteiger partial charge on any atom is -0.391 e. The highest BCUT2D eigenvalue weighted by atomic mass is 16.3. The predicted molar refractivity (Wildman–Crippen MR) is 67.8 cm³/mol. The summed E-state index contributed by atoms with van der Waals surface area (Å²) >= 11 is 0. The second-order valence-corrected chi connectivity index (χ2v) is 4.35. The maximum absolute atomic E-state index is 11.3. The van der Waals surface area contributed by atoms with Crippen molar-refractivity contribution in [1.82, 2.24) is 10.6 Å². The van der Waals surface area contributed by atoms with Crippen LogP contribution in [0.4, 0.5) is 4.79 Å². The third-order valence-corrected chi connectivity index (χ3v) is 2.23. The van der Waals surface area contributed by atoms with Crippen molar-refractivity contribution in [3.05, 3.63) is 35.9 Å².